The zero-order valence-electron chi connectivity index (χ0n) is 10.5. The number of fused-ring (bicyclic) bond motifs is 1. The SMILES string of the molecule is CCCCC1CCc2c(cccc2OC)C1. The maximum Gasteiger partial charge on any atom is 0.122 e. The fourth-order valence-corrected chi connectivity index (χ4v) is 2.78. The highest BCUT2D eigenvalue weighted by atomic mass is 16.5. The van der Waals surface area contributed by atoms with Gasteiger partial charge in [0, 0.05) is 0 Å². The summed E-state index contributed by atoms with van der Waals surface area (Å²) in [6.07, 6.45) is 7.90. The van der Waals surface area contributed by atoms with Gasteiger partial charge in [-0.25, -0.2) is 0 Å². The lowest BCUT2D eigenvalue weighted by Gasteiger charge is -2.25. The third kappa shape index (κ3) is 2.40. The quantitative estimate of drug-likeness (QED) is 0.742. The molecule has 1 aliphatic rings. The monoisotopic (exact) mass is 218 g/mol. The summed E-state index contributed by atoms with van der Waals surface area (Å²) in [5, 5.41) is 0. The molecule has 0 spiro atoms. The van der Waals surface area contributed by atoms with Gasteiger partial charge >= 0.3 is 0 Å². The lowest BCUT2D eigenvalue weighted by Crippen LogP contribution is -2.15. The van der Waals surface area contributed by atoms with E-state index in [1.165, 1.54) is 49.7 Å². The van der Waals surface area contributed by atoms with E-state index in [4.69, 9.17) is 4.74 Å². The average molecular weight is 218 g/mol. The number of methoxy groups -OCH3 is 1. The van der Waals surface area contributed by atoms with Crippen molar-refractivity contribution in [3.8, 4) is 5.75 Å². The molecular formula is C15H22O. The molecule has 1 aromatic carbocycles. The van der Waals surface area contributed by atoms with E-state index >= 15 is 0 Å². The third-order valence-electron chi connectivity index (χ3n) is 3.73. The summed E-state index contributed by atoms with van der Waals surface area (Å²) in [5.74, 6) is 1.99. The molecule has 1 aliphatic carbocycles. The Balaban J connectivity index is 2.09. The van der Waals surface area contributed by atoms with Crippen molar-refractivity contribution in [2.24, 2.45) is 5.92 Å². The number of rotatable bonds is 4. The van der Waals surface area contributed by atoms with Gasteiger partial charge in [-0.05, 0) is 42.4 Å². The van der Waals surface area contributed by atoms with Crippen LogP contribution in [0.5, 0.6) is 5.75 Å². The Kier molecular flexibility index (Phi) is 3.87. The highest BCUT2D eigenvalue weighted by Crippen LogP contribution is 2.33. The van der Waals surface area contributed by atoms with Crippen molar-refractivity contribution in [2.75, 3.05) is 7.11 Å². The number of unbranched alkanes of at least 4 members (excludes halogenated alkanes) is 1. The molecule has 0 fully saturated rings. The first-order valence-corrected chi connectivity index (χ1v) is 6.50. The fraction of sp³-hybridized carbons (Fsp3) is 0.600. The molecule has 1 nitrogen and oxygen atoms in total. The molecule has 1 unspecified atom stereocenters. The van der Waals surface area contributed by atoms with Crippen molar-refractivity contribution >= 4 is 0 Å². The molecule has 2 rings (SSSR count). The number of hydrogen-bond donors (Lipinski definition) is 0. The summed E-state index contributed by atoms with van der Waals surface area (Å²) in [6.45, 7) is 2.28. The Morgan fingerprint density at radius 1 is 1.38 bits per heavy atom. The normalized spacial score (nSPS) is 19.2. The molecule has 1 atom stereocenters. The standard InChI is InChI=1S/C15H22O/c1-3-4-6-12-9-10-14-13(11-12)7-5-8-15(14)16-2/h5,7-8,12H,3-4,6,9-11H2,1-2H3. The number of hydrogen-bond acceptors (Lipinski definition) is 1. The topological polar surface area (TPSA) is 9.23 Å². The van der Waals surface area contributed by atoms with Crippen molar-refractivity contribution in [3.05, 3.63) is 29.3 Å². The van der Waals surface area contributed by atoms with E-state index in [1.807, 2.05) is 0 Å². The molecule has 1 aromatic rings. The van der Waals surface area contributed by atoms with Crippen LogP contribution in [0.4, 0.5) is 0 Å². The summed E-state index contributed by atoms with van der Waals surface area (Å²) in [4.78, 5) is 0. The smallest absolute Gasteiger partial charge is 0.122 e. The molecule has 0 aliphatic heterocycles. The van der Waals surface area contributed by atoms with Gasteiger partial charge in [0.15, 0.2) is 0 Å². The molecule has 0 aromatic heterocycles. The first kappa shape index (κ1) is 11.5. The van der Waals surface area contributed by atoms with Crippen LogP contribution in [0.3, 0.4) is 0 Å². The second-order valence-electron chi connectivity index (χ2n) is 4.85. The predicted octanol–water partition coefficient (Wildman–Crippen LogP) is 3.99. The van der Waals surface area contributed by atoms with Crippen LogP contribution >= 0.6 is 0 Å². The minimum atomic E-state index is 0.902. The Hall–Kier alpha value is -0.980. The van der Waals surface area contributed by atoms with Crippen LogP contribution in [0.2, 0.25) is 0 Å². The van der Waals surface area contributed by atoms with E-state index in [2.05, 4.69) is 25.1 Å². The van der Waals surface area contributed by atoms with E-state index in [-0.39, 0.29) is 0 Å². The maximum absolute atomic E-state index is 5.43. The maximum atomic E-state index is 5.43. The molecule has 0 N–H and O–H groups in total. The second kappa shape index (κ2) is 5.38. The lowest BCUT2D eigenvalue weighted by atomic mass is 9.81. The minimum absolute atomic E-state index is 0.902. The van der Waals surface area contributed by atoms with Gasteiger partial charge in [-0.15, -0.1) is 0 Å². The highest BCUT2D eigenvalue weighted by Gasteiger charge is 2.20. The summed E-state index contributed by atoms with van der Waals surface area (Å²) in [5.41, 5.74) is 2.98. The van der Waals surface area contributed by atoms with Gasteiger partial charge in [-0.2, -0.15) is 0 Å². The van der Waals surface area contributed by atoms with Crippen molar-refractivity contribution in [2.45, 2.75) is 45.4 Å². The Labute approximate surface area is 98.8 Å². The number of ether oxygens (including phenoxy) is 1. The first-order valence-electron chi connectivity index (χ1n) is 6.50. The van der Waals surface area contributed by atoms with Gasteiger partial charge in [0.2, 0.25) is 0 Å². The summed E-state index contributed by atoms with van der Waals surface area (Å²) >= 11 is 0. The average Bonchev–Trinajstić information content (AvgIpc) is 2.35. The zero-order valence-corrected chi connectivity index (χ0v) is 10.5. The van der Waals surface area contributed by atoms with E-state index in [0.717, 1.165) is 11.7 Å². The van der Waals surface area contributed by atoms with Crippen molar-refractivity contribution in [1.82, 2.24) is 0 Å². The Bertz CT molecular complexity index is 343. The second-order valence-corrected chi connectivity index (χ2v) is 4.85. The first-order chi connectivity index (χ1) is 7.85. The van der Waals surface area contributed by atoms with Crippen LogP contribution in [0.1, 0.15) is 43.7 Å². The molecular weight excluding hydrogens is 196 g/mol. The van der Waals surface area contributed by atoms with Crippen molar-refractivity contribution < 1.29 is 4.74 Å². The van der Waals surface area contributed by atoms with Gasteiger partial charge in [0.25, 0.3) is 0 Å². The molecule has 0 radical (unpaired) electrons. The van der Waals surface area contributed by atoms with Gasteiger partial charge < -0.3 is 4.74 Å². The largest absolute Gasteiger partial charge is 0.496 e. The van der Waals surface area contributed by atoms with Gasteiger partial charge in [0.05, 0.1) is 7.11 Å². The van der Waals surface area contributed by atoms with E-state index in [0.29, 0.717) is 0 Å². The predicted molar refractivity (Wildman–Crippen MR) is 68.0 cm³/mol. The summed E-state index contributed by atoms with van der Waals surface area (Å²) in [7, 11) is 1.78. The highest BCUT2D eigenvalue weighted by molar-refractivity contribution is 5.41. The molecule has 88 valence electrons. The van der Waals surface area contributed by atoms with E-state index in [9.17, 15) is 0 Å². The number of benzene rings is 1. The van der Waals surface area contributed by atoms with Crippen LogP contribution in [-0.2, 0) is 12.8 Å². The lowest BCUT2D eigenvalue weighted by molar-refractivity contribution is 0.383. The summed E-state index contributed by atoms with van der Waals surface area (Å²) in [6, 6.07) is 6.49. The molecule has 16 heavy (non-hydrogen) atoms. The van der Waals surface area contributed by atoms with Gasteiger partial charge in [-0.3, -0.25) is 0 Å². The van der Waals surface area contributed by atoms with Crippen molar-refractivity contribution in [3.63, 3.8) is 0 Å². The van der Waals surface area contributed by atoms with E-state index in [1.54, 1.807) is 7.11 Å². The molecule has 0 saturated heterocycles. The van der Waals surface area contributed by atoms with Gasteiger partial charge in [-0.1, -0.05) is 38.3 Å². The summed E-state index contributed by atoms with van der Waals surface area (Å²) < 4.78 is 5.43. The van der Waals surface area contributed by atoms with E-state index < -0.39 is 0 Å². The molecule has 1 heteroatoms. The molecule has 0 bridgehead atoms. The van der Waals surface area contributed by atoms with Crippen LogP contribution in [0, 0.1) is 5.92 Å². The van der Waals surface area contributed by atoms with Crippen LogP contribution in [0.25, 0.3) is 0 Å². The van der Waals surface area contributed by atoms with Gasteiger partial charge in [0.1, 0.15) is 5.75 Å². The van der Waals surface area contributed by atoms with Crippen LogP contribution in [-0.4, -0.2) is 7.11 Å². The van der Waals surface area contributed by atoms with Crippen LogP contribution < -0.4 is 4.74 Å². The minimum Gasteiger partial charge on any atom is -0.496 e. The third-order valence-corrected chi connectivity index (χ3v) is 3.73. The zero-order chi connectivity index (χ0) is 11.4. The Morgan fingerprint density at radius 3 is 3.00 bits per heavy atom. The molecule has 0 heterocycles. The van der Waals surface area contributed by atoms with Crippen molar-refractivity contribution in [1.29, 1.82) is 0 Å². The fourth-order valence-electron chi connectivity index (χ4n) is 2.78. The molecule has 0 saturated carbocycles. The van der Waals surface area contributed by atoms with Crippen LogP contribution in [0.15, 0.2) is 18.2 Å². The Morgan fingerprint density at radius 2 is 2.25 bits per heavy atom. The molecule has 0 amide bonds.